The van der Waals surface area contributed by atoms with Gasteiger partial charge in [-0.3, -0.25) is 9.59 Å². The minimum atomic E-state index is -0.436. The number of esters is 2. The van der Waals surface area contributed by atoms with Crippen molar-refractivity contribution in [3.8, 4) is 0 Å². The molecule has 0 spiro atoms. The minimum absolute atomic E-state index is 0.0209. The van der Waals surface area contributed by atoms with Gasteiger partial charge in [-0.2, -0.15) is 0 Å². The SMILES string of the molecule is Cc1cccc([C@@H](C)C(=O)/C=C/[C@@H]2[C@H]3CC(=O)O[C@H]3C[C@H]2OC(=O)c2ccccc2)c1. The van der Waals surface area contributed by atoms with Crippen molar-refractivity contribution in [2.75, 3.05) is 0 Å². The summed E-state index contributed by atoms with van der Waals surface area (Å²) in [6.07, 6.45) is 3.40. The molecule has 0 aromatic heterocycles. The lowest BCUT2D eigenvalue weighted by Crippen LogP contribution is -2.25. The van der Waals surface area contributed by atoms with Crippen LogP contribution in [0.1, 0.15) is 47.2 Å². The maximum atomic E-state index is 12.8. The molecule has 0 radical (unpaired) electrons. The Morgan fingerprint density at radius 1 is 1.13 bits per heavy atom. The highest BCUT2D eigenvalue weighted by atomic mass is 16.6. The van der Waals surface area contributed by atoms with Crippen LogP contribution in [0.15, 0.2) is 66.7 Å². The van der Waals surface area contributed by atoms with E-state index < -0.39 is 12.1 Å². The molecule has 0 unspecified atom stereocenters. The summed E-state index contributed by atoms with van der Waals surface area (Å²) in [7, 11) is 0. The van der Waals surface area contributed by atoms with E-state index in [0.29, 0.717) is 12.0 Å². The van der Waals surface area contributed by atoms with Gasteiger partial charge in [-0.1, -0.05) is 61.0 Å². The molecule has 1 aliphatic carbocycles. The molecule has 1 saturated heterocycles. The van der Waals surface area contributed by atoms with Crippen molar-refractivity contribution in [3.05, 3.63) is 83.4 Å². The third-order valence-electron chi connectivity index (χ3n) is 6.27. The van der Waals surface area contributed by atoms with E-state index >= 15 is 0 Å². The molecule has 5 nitrogen and oxygen atoms in total. The van der Waals surface area contributed by atoms with E-state index in [1.54, 1.807) is 30.3 Å². The van der Waals surface area contributed by atoms with Crippen LogP contribution in [0.25, 0.3) is 0 Å². The van der Waals surface area contributed by atoms with Crippen molar-refractivity contribution in [1.82, 2.24) is 0 Å². The predicted octanol–water partition coefficient (Wildman–Crippen LogP) is 4.40. The highest BCUT2D eigenvalue weighted by Gasteiger charge is 2.50. The fraction of sp³-hybridized carbons (Fsp3) is 0.346. The zero-order valence-corrected chi connectivity index (χ0v) is 17.7. The van der Waals surface area contributed by atoms with E-state index in [1.807, 2.05) is 50.3 Å². The number of hydrogen-bond acceptors (Lipinski definition) is 5. The number of ether oxygens (including phenoxy) is 2. The minimum Gasteiger partial charge on any atom is -0.462 e. The summed E-state index contributed by atoms with van der Waals surface area (Å²) in [5.41, 5.74) is 2.54. The number of benzene rings is 2. The number of carbonyl (C=O) groups is 3. The first-order chi connectivity index (χ1) is 14.9. The molecule has 5 heteroatoms. The van der Waals surface area contributed by atoms with Crippen LogP contribution in [0.4, 0.5) is 0 Å². The fourth-order valence-corrected chi connectivity index (χ4v) is 4.52. The molecular weight excluding hydrogens is 392 g/mol. The molecule has 4 rings (SSSR count). The van der Waals surface area contributed by atoms with Gasteiger partial charge in [-0.25, -0.2) is 4.79 Å². The lowest BCUT2D eigenvalue weighted by Gasteiger charge is -2.20. The van der Waals surface area contributed by atoms with Crippen LogP contribution in [0.3, 0.4) is 0 Å². The molecule has 2 aliphatic rings. The zero-order valence-electron chi connectivity index (χ0n) is 17.7. The second kappa shape index (κ2) is 8.88. The number of fused-ring (bicyclic) bond motifs is 1. The maximum Gasteiger partial charge on any atom is 0.338 e. The first kappa shape index (κ1) is 21.0. The molecular formula is C26H26O5. The monoisotopic (exact) mass is 418 g/mol. The fourth-order valence-electron chi connectivity index (χ4n) is 4.52. The third kappa shape index (κ3) is 4.61. The Balaban J connectivity index is 1.50. The van der Waals surface area contributed by atoms with E-state index in [4.69, 9.17) is 9.47 Å². The van der Waals surface area contributed by atoms with Crippen LogP contribution in [0.2, 0.25) is 0 Å². The average Bonchev–Trinajstić information content (AvgIpc) is 3.27. The maximum absolute atomic E-state index is 12.8. The van der Waals surface area contributed by atoms with Crippen LogP contribution in [0, 0.1) is 18.8 Å². The standard InChI is InChI=1S/C26H26O5/c1-16-7-6-10-19(13-16)17(2)22(27)12-11-20-21-14-25(28)30-24(21)15-23(20)31-26(29)18-8-4-3-5-9-18/h3-13,17,20-21,23-24H,14-15H2,1-2H3/b12-11+/t17-,20-,21-,23-,24+/m1/s1. The summed E-state index contributed by atoms with van der Waals surface area (Å²) >= 11 is 0. The normalized spacial score (nSPS) is 25.8. The van der Waals surface area contributed by atoms with E-state index in [9.17, 15) is 14.4 Å². The van der Waals surface area contributed by atoms with Gasteiger partial charge in [0.05, 0.1) is 12.0 Å². The van der Waals surface area contributed by atoms with Gasteiger partial charge in [0.1, 0.15) is 12.2 Å². The number of hydrogen-bond donors (Lipinski definition) is 0. The number of aryl methyl sites for hydroxylation is 1. The molecule has 0 N–H and O–H groups in total. The van der Waals surface area contributed by atoms with Crippen molar-refractivity contribution in [2.45, 2.75) is 44.8 Å². The van der Waals surface area contributed by atoms with E-state index in [2.05, 4.69) is 0 Å². The number of carbonyl (C=O) groups excluding carboxylic acids is 3. The van der Waals surface area contributed by atoms with Crippen molar-refractivity contribution >= 4 is 17.7 Å². The van der Waals surface area contributed by atoms with Crippen molar-refractivity contribution < 1.29 is 23.9 Å². The van der Waals surface area contributed by atoms with Crippen LogP contribution in [-0.2, 0) is 19.1 Å². The summed E-state index contributed by atoms with van der Waals surface area (Å²) in [5, 5.41) is 0. The summed E-state index contributed by atoms with van der Waals surface area (Å²) in [4.78, 5) is 37.2. The molecule has 1 saturated carbocycles. The van der Waals surface area contributed by atoms with Crippen LogP contribution >= 0.6 is 0 Å². The van der Waals surface area contributed by atoms with Gasteiger partial charge in [0.15, 0.2) is 5.78 Å². The van der Waals surface area contributed by atoms with Crippen molar-refractivity contribution in [1.29, 1.82) is 0 Å². The molecule has 1 aliphatic heterocycles. The zero-order chi connectivity index (χ0) is 22.0. The summed E-state index contributed by atoms with van der Waals surface area (Å²) in [6.45, 7) is 3.88. The smallest absolute Gasteiger partial charge is 0.338 e. The van der Waals surface area contributed by atoms with Gasteiger partial charge >= 0.3 is 11.9 Å². The molecule has 2 fully saturated rings. The molecule has 160 valence electrons. The van der Waals surface area contributed by atoms with Crippen molar-refractivity contribution in [2.24, 2.45) is 11.8 Å². The van der Waals surface area contributed by atoms with Crippen LogP contribution in [0.5, 0.6) is 0 Å². The number of allylic oxidation sites excluding steroid dienone is 1. The topological polar surface area (TPSA) is 69.7 Å². The van der Waals surface area contributed by atoms with Gasteiger partial charge in [0, 0.05) is 24.2 Å². The second-order valence-electron chi connectivity index (χ2n) is 8.42. The van der Waals surface area contributed by atoms with Crippen LogP contribution in [-0.4, -0.2) is 29.9 Å². The largest absolute Gasteiger partial charge is 0.462 e. The average molecular weight is 418 g/mol. The van der Waals surface area contributed by atoms with Crippen LogP contribution < -0.4 is 0 Å². The second-order valence-corrected chi connectivity index (χ2v) is 8.42. The molecule has 0 bridgehead atoms. The Kier molecular flexibility index (Phi) is 6.03. The van der Waals surface area contributed by atoms with Gasteiger partial charge in [0.25, 0.3) is 0 Å². The molecule has 2 aromatic rings. The Hall–Kier alpha value is -3.21. The van der Waals surface area contributed by atoms with Gasteiger partial charge in [-0.05, 0) is 30.7 Å². The summed E-state index contributed by atoms with van der Waals surface area (Å²) in [6, 6.07) is 16.7. The number of rotatable bonds is 6. The van der Waals surface area contributed by atoms with E-state index in [1.165, 1.54) is 0 Å². The predicted molar refractivity (Wildman–Crippen MR) is 115 cm³/mol. The Morgan fingerprint density at radius 3 is 2.65 bits per heavy atom. The Morgan fingerprint density at radius 2 is 1.90 bits per heavy atom. The van der Waals surface area contributed by atoms with E-state index in [-0.39, 0.29) is 42.0 Å². The third-order valence-corrected chi connectivity index (χ3v) is 6.27. The Labute approximate surface area is 182 Å². The highest BCUT2D eigenvalue weighted by molar-refractivity contribution is 5.95. The lowest BCUT2D eigenvalue weighted by molar-refractivity contribution is -0.141. The first-order valence-corrected chi connectivity index (χ1v) is 10.7. The molecule has 1 heterocycles. The van der Waals surface area contributed by atoms with Gasteiger partial charge in [0.2, 0.25) is 0 Å². The first-order valence-electron chi connectivity index (χ1n) is 10.7. The molecule has 31 heavy (non-hydrogen) atoms. The molecule has 2 aromatic carbocycles. The van der Waals surface area contributed by atoms with Crippen molar-refractivity contribution in [3.63, 3.8) is 0 Å². The number of ketones is 1. The molecule has 0 amide bonds. The Bertz CT molecular complexity index is 1010. The van der Waals surface area contributed by atoms with Gasteiger partial charge < -0.3 is 9.47 Å². The van der Waals surface area contributed by atoms with Gasteiger partial charge in [-0.15, -0.1) is 0 Å². The highest BCUT2D eigenvalue weighted by Crippen LogP contribution is 2.43. The van der Waals surface area contributed by atoms with E-state index in [0.717, 1.165) is 11.1 Å². The summed E-state index contributed by atoms with van der Waals surface area (Å²) < 4.78 is 11.2. The lowest BCUT2D eigenvalue weighted by atomic mass is 9.89. The summed E-state index contributed by atoms with van der Waals surface area (Å²) in [5.74, 6) is -1.26. The quantitative estimate of drug-likeness (QED) is 0.514. The molecule has 5 atom stereocenters.